The molecule has 122 valence electrons. The van der Waals surface area contributed by atoms with Gasteiger partial charge in [-0.3, -0.25) is 0 Å². The van der Waals surface area contributed by atoms with E-state index in [9.17, 15) is 0 Å². The highest BCUT2D eigenvalue weighted by Crippen LogP contribution is 2.37. The molecule has 0 saturated heterocycles. The fourth-order valence-corrected chi connectivity index (χ4v) is 4.82. The fraction of sp³-hybridized carbons (Fsp3) is 0. The summed E-state index contributed by atoms with van der Waals surface area (Å²) in [5.74, 6) is 0. The van der Waals surface area contributed by atoms with Crippen molar-refractivity contribution in [2.45, 2.75) is 0 Å². The summed E-state index contributed by atoms with van der Waals surface area (Å²) < 4.78 is 2.13. The zero-order valence-electron chi connectivity index (χ0n) is 12.8. The van der Waals surface area contributed by atoms with Gasteiger partial charge in [-0.05, 0) is 34.1 Å². The lowest BCUT2D eigenvalue weighted by molar-refractivity contribution is 1.39. The van der Waals surface area contributed by atoms with Gasteiger partial charge >= 0.3 is 0 Å². The number of para-hydroxylation sites is 1. The molecule has 0 unspecified atom stereocenters. The Morgan fingerprint density at radius 1 is 0.920 bits per heavy atom. The van der Waals surface area contributed by atoms with Crippen molar-refractivity contribution in [2.24, 2.45) is 0 Å². The van der Waals surface area contributed by atoms with Crippen molar-refractivity contribution in [1.29, 1.82) is 0 Å². The number of nitrogens with one attached hydrogen (secondary N) is 2. The highest BCUT2D eigenvalue weighted by Gasteiger charge is 2.14. The van der Waals surface area contributed by atoms with Crippen molar-refractivity contribution in [2.75, 3.05) is 0 Å². The molecule has 2 aromatic carbocycles. The maximum atomic E-state index is 4.90. The molecule has 0 saturated carbocycles. The van der Waals surface area contributed by atoms with Gasteiger partial charge in [-0.1, -0.05) is 34.1 Å². The standard InChI is InChI=1S/C19H11Br2N3S/c20-10-4-5-11-14(8-22-16(11)6-10)19-24-17(9-25-19)13-7-23-18-12(13)2-1-3-15(18)21/h1-9,22-23H. The number of H-pyrrole nitrogens is 2. The number of benzene rings is 2. The average Bonchev–Trinajstić information content (AvgIpc) is 3.31. The van der Waals surface area contributed by atoms with Crippen LogP contribution in [0.1, 0.15) is 0 Å². The molecule has 25 heavy (non-hydrogen) atoms. The van der Waals surface area contributed by atoms with Gasteiger partial charge in [-0.15, -0.1) is 11.3 Å². The summed E-state index contributed by atoms with van der Waals surface area (Å²) in [7, 11) is 0. The summed E-state index contributed by atoms with van der Waals surface area (Å²) in [6, 6.07) is 12.5. The van der Waals surface area contributed by atoms with Gasteiger partial charge in [-0.2, -0.15) is 0 Å². The highest BCUT2D eigenvalue weighted by atomic mass is 79.9. The van der Waals surface area contributed by atoms with E-state index in [-0.39, 0.29) is 0 Å². The van der Waals surface area contributed by atoms with Crippen LogP contribution in [0.3, 0.4) is 0 Å². The molecule has 3 heterocycles. The van der Waals surface area contributed by atoms with Gasteiger partial charge in [0.2, 0.25) is 0 Å². The third-order valence-corrected chi connectivity index (χ3v) is 6.35. The number of nitrogens with zero attached hydrogens (tertiary/aromatic N) is 1. The fourth-order valence-electron chi connectivity index (χ4n) is 3.13. The number of hydrogen-bond donors (Lipinski definition) is 2. The lowest BCUT2D eigenvalue weighted by atomic mass is 10.1. The smallest absolute Gasteiger partial charge is 0.126 e. The second-order valence-corrected chi connectivity index (χ2v) is 8.42. The van der Waals surface area contributed by atoms with Crippen molar-refractivity contribution in [1.82, 2.24) is 15.0 Å². The van der Waals surface area contributed by atoms with E-state index in [0.29, 0.717) is 0 Å². The van der Waals surface area contributed by atoms with Gasteiger partial charge in [0.1, 0.15) is 5.01 Å². The van der Waals surface area contributed by atoms with E-state index in [1.807, 2.05) is 18.5 Å². The van der Waals surface area contributed by atoms with Gasteiger partial charge in [0.05, 0.1) is 11.2 Å². The topological polar surface area (TPSA) is 44.5 Å². The number of fused-ring (bicyclic) bond motifs is 2. The Bertz CT molecular complexity index is 1230. The molecule has 0 aliphatic rings. The quantitative estimate of drug-likeness (QED) is 0.286. The molecule has 0 fully saturated rings. The van der Waals surface area contributed by atoms with Crippen LogP contribution in [0.5, 0.6) is 0 Å². The lowest BCUT2D eigenvalue weighted by Crippen LogP contribution is -1.78. The molecular weight excluding hydrogens is 462 g/mol. The van der Waals surface area contributed by atoms with E-state index < -0.39 is 0 Å². The molecule has 0 aliphatic heterocycles. The first-order valence-electron chi connectivity index (χ1n) is 7.69. The Labute approximate surface area is 164 Å². The van der Waals surface area contributed by atoms with E-state index in [1.165, 1.54) is 10.8 Å². The molecule has 2 N–H and O–H groups in total. The first kappa shape index (κ1) is 15.4. The predicted molar refractivity (Wildman–Crippen MR) is 112 cm³/mol. The molecular formula is C19H11Br2N3S. The Morgan fingerprint density at radius 2 is 1.80 bits per heavy atom. The Balaban J connectivity index is 1.64. The predicted octanol–water partition coefficient (Wildman–Crippen LogP) is 6.96. The van der Waals surface area contributed by atoms with Crippen LogP contribution in [-0.2, 0) is 0 Å². The molecule has 0 atom stereocenters. The van der Waals surface area contributed by atoms with Crippen LogP contribution in [0.4, 0.5) is 0 Å². The summed E-state index contributed by atoms with van der Waals surface area (Å²) in [5, 5.41) is 5.50. The van der Waals surface area contributed by atoms with Crippen LogP contribution < -0.4 is 0 Å². The van der Waals surface area contributed by atoms with E-state index in [2.05, 4.69) is 77.5 Å². The number of thiazole rings is 1. The minimum atomic E-state index is 0.996. The van der Waals surface area contributed by atoms with Gasteiger partial charge in [0, 0.05) is 54.1 Å². The second kappa shape index (κ2) is 5.83. The number of halogens is 2. The SMILES string of the molecule is Brc1ccc2c(-c3nc(-c4c[nH]c5c(Br)cccc45)cs3)c[nH]c2c1. The number of hydrogen-bond acceptors (Lipinski definition) is 2. The molecule has 3 nitrogen and oxygen atoms in total. The third-order valence-electron chi connectivity index (χ3n) is 4.32. The summed E-state index contributed by atoms with van der Waals surface area (Å²) in [6.07, 6.45) is 4.06. The molecule has 0 amide bonds. The van der Waals surface area contributed by atoms with Crippen LogP contribution in [0.2, 0.25) is 0 Å². The first-order valence-corrected chi connectivity index (χ1v) is 10.2. The van der Waals surface area contributed by atoms with E-state index in [0.717, 1.165) is 41.8 Å². The molecule has 6 heteroatoms. The highest BCUT2D eigenvalue weighted by molar-refractivity contribution is 9.11. The molecule has 3 aromatic heterocycles. The summed E-state index contributed by atoms with van der Waals surface area (Å²) in [4.78, 5) is 11.6. The summed E-state index contributed by atoms with van der Waals surface area (Å²) in [6.45, 7) is 0. The van der Waals surface area contributed by atoms with Crippen molar-refractivity contribution in [3.8, 4) is 21.8 Å². The monoisotopic (exact) mass is 471 g/mol. The normalized spacial score (nSPS) is 11.6. The van der Waals surface area contributed by atoms with Crippen LogP contribution in [0.15, 0.2) is 63.1 Å². The largest absolute Gasteiger partial charge is 0.360 e. The molecule has 0 aliphatic carbocycles. The maximum absolute atomic E-state index is 4.90. The lowest BCUT2D eigenvalue weighted by Gasteiger charge is -1.97. The van der Waals surface area contributed by atoms with Crippen LogP contribution in [-0.4, -0.2) is 15.0 Å². The number of aromatic amines is 2. The van der Waals surface area contributed by atoms with Gasteiger partial charge in [-0.25, -0.2) is 4.98 Å². The van der Waals surface area contributed by atoms with Crippen LogP contribution in [0, 0.1) is 0 Å². The van der Waals surface area contributed by atoms with E-state index >= 15 is 0 Å². The van der Waals surface area contributed by atoms with Crippen molar-refractivity contribution in [3.05, 3.63) is 63.1 Å². The zero-order chi connectivity index (χ0) is 17.0. The van der Waals surface area contributed by atoms with E-state index in [4.69, 9.17) is 4.98 Å². The number of aromatic nitrogens is 3. The first-order chi connectivity index (χ1) is 12.2. The van der Waals surface area contributed by atoms with Crippen molar-refractivity contribution in [3.63, 3.8) is 0 Å². The second-order valence-electron chi connectivity index (χ2n) is 5.79. The summed E-state index contributed by atoms with van der Waals surface area (Å²) >= 11 is 8.78. The molecule has 5 aromatic rings. The van der Waals surface area contributed by atoms with Crippen molar-refractivity contribution < 1.29 is 0 Å². The Morgan fingerprint density at radius 3 is 2.72 bits per heavy atom. The minimum Gasteiger partial charge on any atom is -0.360 e. The Hall–Kier alpha value is -1.89. The van der Waals surface area contributed by atoms with Gasteiger partial charge in [0.15, 0.2) is 0 Å². The minimum absolute atomic E-state index is 0.996. The third kappa shape index (κ3) is 2.47. The molecule has 0 spiro atoms. The summed E-state index contributed by atoms with van der Waals surface area (Å²) in [5.41, 5.74) is 5.47. The molecule has 0 bridgehead atoms. The Kier molecular flexibility index (Phi) is 3.58. The average molecular weight is 473 g/mol. The van der Waals surface area contributed by atoms with Gasteiger partial charge in [0.25, 0.3) is 0 Å². The van der Waals surface area contributed by atoms with Crippen LogP contribution in [0.25, 0.3) is 43.6 Å². The van der Waals surface area contributed by atoms with Gasteiger partial charge < -0.3 is 9.97 Å². The molecule has 0 radical (unpaired) electrons. The number of rotatable bonds is 2. The van der Waals surface area contributed by atoms with Crippen LogP contribution >= 0.6 is 43.2 Å². The zero-order valence-corrected chi connectivity index (χ0v) is 16.8. The molecule has 5 rings (SSSR count). The maximum Gasteiger partial charge on any atom is 0.126 e. The van der Waals surface area contributed by atoms with E-state index in [1.54, 1.807) is 11.3 Å². The van der Waals surface area contributed by atoms with Crippen molar-refractivity contribution >= 4 is 65.0 Å².